The molecule has 1 aromatic carbocycles. The third-order valence-electron chi connectivity index (χ3n) is 10.7. The molecule has 2 unspecified atom stereocenters. The Morgan fingerprint density at radius 2 is 1.86 bits per heavy atom. The lowest BCUT2D eigenvalue weighted by molar-refractivity contribution is -0.144. The highest BCUT2D eigenvalue weighted by molar-refractivity contribution is 6.37. The molecule has 0 radical (unpaired) electrons. The summed E-state index contributed by atoms with van der Waals surface area (Å²) in [6.07, 6.45) is 8.34. The molecule has 2 aromatic rings. The largest absolute Gasteiger partial charge is 0.497 e. The SMILES string of the molecule is COc1ccc2oc(N[C@H](C(=O)N3C[C@H]4C([C@H]3C(=O)NC(CC3CCC3)C(=O)C(N)=O)C4(C)C)C3CCCCC3)nc2c1. The van der Waals surface area contributed by atoms with E-state index in [9.17, 15) is 19.2 Å². The van der Waals surface area contributed by atoms with E-state index >= 15 is 0 Å². The number of aromatic nitrogens is 1. The van der Waals surface area contributed by atoms with E-state index in [1.54, 1.807) is 30.2 Å². The van der Waals surface area contributed by atoms with Gasteiger partial charge in [-0.15, -0.1) is 0 Å². The molecule has 0 bridgehead atoms. The highest BCUT2D eigenvalue weighted by Gasteiger charge is 2.69. The van der Waals surface area contributed by atoms with E-state index in [1.807, 2.05) is 0 Å². The quantitative estimate of drug-likeness (QED) is 0.335. The van der Waals surface area contributed by atoms with Gasteiger partial charge in [0.25, 0.3) is 11.9 Å². The number of nitrogens with two attached hydrogens (primary N) is 1. The molecule has 1 aromatic heterocycles. The fraction of sp³-hybridized carbons (Fsp3) is 0.656. The molecule has 11 nitrogen and oxygen atoms in total. The van der Waals surface area contributed by atoms with Gasteiger partial charge in [0.05, 0.1) is 13.2 Å². The predicted octanol–water partition coefficient (Wildman–Crippen LogP) is 3.41. The zero-order chi connectivity index (χ0) is 30.5. The first kappa shape index (κ1) is 29.4. The maximum Gasteiger partial charge on any atom is 0.296 e. The van der Waals surface area contributed by atoms with Crippen LogP contribution >= 0.6 is 0 Å². The smallest absolute Gasteiger partial charge is 0.296 e. The highest BCUT2D eigenvalue weighted by atomic mass is 16.5. The number of hydrogen-bond donors (Lipinski definition) is 3. The summed E-state index contributed by atoms with van der Waals surface area (Å²) >= 11 is 0. The lowest BCUT2D eigenvalue weighted by Crippen LogP contribution is -2.58. The van der Waals surface area contributed by atoms with Gasteiger partial charge in [0.2, 0.25) is 17.6 Å². The lowest BCUT2D eigenvalue weighted by Gasteiger charge is -2.37. The van der Waals surface area contributed by atoms with Crippen molar-refractivity contribution in [1.29, 1.82) is 0 Å². The number of primary amides is 1. The van der Waals surface area contributed by atoms with Gasteiger partial charge in [0.1, 0.15) is 23.3 Å². The topological polar surface area (TPSA) is 157 Å². The van der Waals surface area contributed by atoms with E-state index in [-0.39, 0.29) is 46.9 Å². The first-order chi connectivity index (χ1) is 20.6. The number of amides is 3. The fourth-order valence-corrected chi connectivity index (χ4v) is 7.79. The zero-order valence-electron chi connectivity index (χ0n) is 25.3. The average Bonchev–Trinajstić information content (AvgIpc) is 3.33. The summed E-state index contributed by atoms with van der Waals surface area (Å²) in [6, 6.07) is 3.28. The molecular formula is C32H43N5O6. The third kappa shape index (κ3) is 5.58. The van der Waals surface area contributed by atoms with Crippen LogP contribution in [-0.2, 0) is 19.2 Å². The molecule has 43 heavy (non-hydrogen) atoms. The molecule has 1 aliphatic heterocycles. The molecule has 3 aliphatic carbocycles. The number of nitrogens with one attached hydrogen (secondary N) is 2. The lowest BCUT2D eigenvalue weighted by atomic mass is 9.80. The van der Waals surface area contributed by atoms with Crippen LogP contribution in [0.4, 0.5) is 6.01 Å². The van der Waals surface area contributed by atoms with Gasteiger partial charge in [-0.1, -0.05) is 52.4 Å². The standard InChI is InChI=1S/C32H43N5O6/c1-32(2)20-16-37(26(24(20)32)29(40)34-22(27(38)28(33)39)14-17-8-7-9-17)30(41)25(18-10-5-4-6-11-18)36-31-35-21-15-19(42-3)12-13-23(21)43-31/h12-13,15,17-18,20,22,24-26H,4-11,14,16H2,1-3H3,(H2,33,39)(H,34,40)(H,35,36)/t20-,22?,24?,25-,26-/m0/s1. The molecule has 3 saturated carbocycles. The van der Waals surface area contributed by atoms with Gasteiger partial charge >= 0.3 is 0 Å². The van der Waals surface area contributed by atoms with Gasteiger partial charge in [-0.3, -0.25) is 19.2 Å². The van der Waals surface area contributed by atoms with Crippen molar-refractivity contribution in [1.82, 2.24) is 15.2 Å². The number of methoxy groups -OCH3 is 1. The number of likely N-dealkylation sites (tertiary alicyclic amines) is 1. The third-order valence-corrected chi connectivity index (χ3v) is 10.7. The molecule has 2 heterocycles. The van der Waals surface area contributed by atoms with Crippen molar-refractivity contribution >= 4 is 40.6 Å². The molecule has 5 atom stereocenters. The van der Waals surface area contributed by atoms with E-state index in [1.165, 1.54) is 0 Å². The second-order valence-electron chi connectivity index (χ2n) is 13.6. The number of rotatable bonds is 11. The van der Waals surface area contributed by atoms with E-state index in [0.29, 0.717) is 29.8 Å². The Morgan fingerprint density at radius 1 is 1.12 bits per heavy atom. The summed E-state index contributed by atoms with van der Waals surface area (Å²) in [5.41, 5.74) is 6.45. The van der Waals surface area contributed by atoms with Crippen molar-refractivity contribution < 1.29 is 28.3 Å². The monoisotopic (exact) mass is 593 g/mol. The number of Topliss-reactive ketones (excluding diaryl/α,β-unsaturated/α-hetero) is 1. The minimum Gasteiger partial charge on any atom is -0.497 e. The van der Waals surface area contributed by atoms with Gasteiger partial charge < -0.3 is 30.4 Å². The Kier molecular flexibility index (Phi) is 7.85. The zero-order valence-corrected chi connectivity index (χ0v) is 25.3. The van der Waals surface area contributed by atoms with Gasteiger partial charge in [-0.2, -0.15) is 4.98 Å². The molecule has 4 fully saturated rings. The van der Waals surface area contributed by atoms with Crippen LogP contribution in [0.5, 0.6) is 5.75 Å². The number of anilines is 1. The molecule has 11 heteroatoms. The van der Waals surface area contributed by atoms with Crippen LogP contribution in [0, 0.1) is 29.1 Å². The molecule has 6 rings (SSSR count). The molecule has 1 saturated heterocycles. The molecular weight excluding hydrogens is 550 g/mol. The molecule has 3 amide bonds. The van der Waals surface area contributed by atoms with Gasteiger partial charge in [-0.25, -0.2) is 0 Å². The minimum atomic E-state index is -1.05. The van der Waals surface area contributed by atoms with Crippen molar-refractivity contribution in [2.24, 2.45) is 34.8 Å². The van der Waals surface area contributed by atoms with Crippen LogP contribution in [0.1, 0.15) is 71.6 Å². The summed E-state index contributed by atoms with van der Waals surface area (Å²) < 4.78 is 11.3. The molecule has 4 N–H and O–H groups in total. The van der Waals surface area contributed by atoms with Crippen LogP contribution in [-0.4, -0.2) is 65.2 Å². The molecule has 4 aliphatic rings. The summed E-state index contributed by atoms with van der Waals surface area (Å²) in [7, 11) is 1.59. The van der Waals surface area contributed by atoms with E-state index in [4.69, 9.17) is 14.9 Å². The second kappa shape index (κ2) is 11.5. The minimum absolute atomic E-state index is 0.0340. The molecule has 232 valence electrons. The van der Waals surface area contributed by atoms with Gasteiger partial charge in [0.15, 0.2) is 5.58 Å². The maximum atomic E-state index is 14.5. The average molecular weight is 594 g/mol. The number of hydrogen-bond acceptors (Lipinski definition) is 8. The first-order valence-electron chi connectivity index (χ1n) is 15.7. The van der Waals surface area contributed by atoms with Crippen LogP contribution < -0.4 is 21.1 Å². The first-order valence-corrected chi connectivity index (χ1v) is 15.7. The van der Waals surface area contributed by atoms with Crippen LogP contribution in [0.2, 0.25) is 0 Å². The Bertz CT molecular complexity index is 1410. The summed E-state index contributed by atoms with van der Waals surface area (Å²) in [4.78, 5) is 59.3. The number of carbonyl (C=O) groups is 4. The number of carbonyl (C=O) groups excluding carboxylic acids is 4. The Hall–Kier alpha value is -3.63. The highest BCUT2D eigenvalue weighted by Crippen LogP contribution is 2.65. The predicted molar refractivity (Wildman–Crippen MR) is 159 cm³/mol. The number of fused-ring (bicyclic) bond motifs is 2. The van der Waals surface area contributed by atoms with Crippen molar-refractivity contribution in [3.63, 3.8) is 0 Å². The number of ketones is 1. The van der Waals surface area contributed by atoms with Crippen LogP contribution in [0.15, 0.2) is 22.6 Å². The van der Waals surface area contributed by atoms with E-state index in [2.05, 4.69) is 29.5 Å². The number of ether oxygens (including phenoxy) is 1. The maximum absolute atomic E-state index is 14.5. The van der Waals surface area contributed by atoms with E-state index < -0.39 is 29.8 Å². The van der Waals surface area contributed by atoms with Crippen LogP contribution in [0.3, 0.4) is 0 Å². The van der Waals surface area contributed by atoms with Crippen LogP contribution in [0.25, 0.3) is 11.1 Å². The second-order valence-corrected chi connectivity index (χ2v) is 13.6. The Balaban J connectivity index is 1.26. The van der Waals surface area contributed by atoms with Crippen molar-refractivity contribution in [3.8, 4) is 5.75 Å². The summed E-state index contributed by atoms with van der Waals surface area (Å²) in [5, 5.41) is 6.19. The van der Waals surface area contributed by atoms with Crippen molar-refractivity contribution in [2.75, 3.05) is 19.0 Å². The van der Waals surface area contributed by atoms with Gasteiger partial charge in [0, 0.05) is 12.6 Å². The Labute approximate surface area is 251 Å². The number of oxazole rings is 1. The van der Waals surface area contributed by atoms with Gasteiger partial charge in [-0.05, 0) is 60.5 Å². The summed E-state index contributed by atoms with van der Waals surface area (Å²) in [5.74, 6) is -1.25. The number of nitrogens with zero attached hydrogens (tertiary/aromatic N) is 2. The molecule has 0 spiro atoms. The van der Waals surface area contributed by atoms with Crippen molar-refractivity contribution in [3.05, 3.63) is 18.2 Å². The number of piperidine rings is 1. The van der Waals surface area contributed by atoms with Crippen molar-refractivity contribution in [2.45, 2.75) is 89.8 Å². The Morgan fingerprint density at radius 3 is 2.51 bits per heavy atom. The fourth-order valence-electron chi connectivity index (χ4n) is 7.79. The normalized spacial score (nSPS) is 26.2. The van der Waals surface area contributed by atoms with E-state index in [0.717, 1.165) is 51.4 Å². The summed E-state index contributed by atoms with van der Waals surface area (Å²) in [6.45, 7) is 4.70. The number of benzene rings is 1.